The Balaban J connectivity index is 1.93. The average molecular weight is 330 g/mol. The van der Waals surface area contributed by atoms with E-state index in [1.165, 1.54) is 0 Å². The summed E-state index contributed by atoms with van der Waals surface area (Å²) in [5.74, 6) is 0.971. The molecule has 0 fully saturated rings. The summed E-state index contributed by atoms with van der Waals surface area (Å²) in [5.41, 5.74) is 0.493. The number of likely N-dealkylation sites (N-methyl/N-ethyl adjacent to an activating group) is 1. The van der Waals surface area contributed by atoms with Crippen molar-refractivity contribution in [3.05, 3.63) is 40.4 Å². The van der Waals surface area contributed by atoms with E-state index in [0.717, 1.165) is 0 Å². The quantitative estimate of drug-likeness (QED) is 0.807. The summed E-state index contributed by atoms with van der Waals surface area (Å²) < 4.78 is 0. The van der Waals surface area contributed by atoms with Gasteiger partial charge in [0.2, 0.25) is 5.91 Å². The number of fused-ring (bicyclic) bond motifs is 1. The van der Waals surface area contributed by atoms with Crippen LogP contribution in [0.5, 0.6) is 0 Å². The highest BCUT2D eigenvalue weighted by Crippen LogP contribution is 2.08. The van der Waals surface area contributed by atoms with E-state index < -0.39 is 0 Å². The van der Waals surface area contributed by atoms with E-state index in [1.807, 2.05) is 26.2 Å². The fraction of sp³-hybridized carbons (Fsp3) is 0.500. The van der Waals surface area contributed by atoms with E-state index in [9.17, 15) is 9.59 Å². The zero-order chi connectivity index (χ0) is 17.7. The van der Waals surface area contributed by atoms with E-state index in [2.05, 4.69) is 34.0 Å². The molecule has 1 atom stereocenters. The lowest BCUT2D eigenvalue weighted by molar-refractivity contribution is -0.121. The van der Waals surface area contributed by atoms with Crippen LogP contribution in [-0.2, 0) is 11.2 Å². The normalized spacial score (nSPS) is 12.8. The molecule has 0 spiro atoms. The number of aromatic amines is 1. The van der Waals surface area contributed by atoms with Crippen LogP contribution in [0.25, 0.3) is 10.9 Å². The molecule has 6 heteroatoms. The van der Waals surface area contributed by atoms with Gasteiger partial charge < -0.3 is 15.2 Å². The minimum absolute atomic E-state index is 0.0293. The predicted molar refractivity (Wildman–Crippen MR) is 96.0 cm³/mol. The number of para-hydroxylation sites is 1. The molecule has 0 aliphatic heterocycles. The van der Waals surface area contributed by atoms with Crippen LogP contribution in [0, 0.1) is 5.92 Å². The molecule has 2 rings (SSSR count). The lowest BCUT2D eigenvalue weighted by Crippen LogP contribution is -2.43. The number of rotatable bonds is 7. The Morgan fingerprint density at radius 3 is 2.67 bits per heavy atom. The third-order valence-electron chi connectivity index (χ3n) is 4.19. The largest absolute Gasteiger partial charge is 0.355 e. The summed E-state index contributed by atoms with van der Waals surface area (Å²) in [6.45, 7) is 4.90. The molecule has 0 bridgehead atoms. The number of hydrogen-bond acceptors (Lipinski definition) is 4. The molecule has 0 aliphatic rings. The first-order valence-electron chi connectivity index (χ1n) is 8.29. The molecule has 2 aromatic rings. The van der Waals surface area contributed by atoms with Crippen LogP contribution in [0.3, 0.4) is 0 Å². The van der Waals surface area contributed by atoms with Crippen LogP contribution < -0.4 is 10.9 Å². The third kappa shape index (κ3) is 4.64. The molecule has 1 aromatic heterocycles. The summed E-state index contributed by atoms with van der Waals surface area (Å²) >= 11 is 0. The summed E-state index contributed by atoms with van der Waals surface area (Å²) in [7, 11) is 4.03. The van der Waals surface area contributed by atoms with Gasteiger partial charge in [0.1, 0.15) is 5.82 Å². The van der Waals surface area contributed by atoms with Gasteiger partial charge in [-0.3, -0.25) is 9.59 Å². The van der Waals surface area contributed by atoms with Crippen molar-refractivity contribution >= 4 is 16.8 Å². The highest BCUT2D eigenvalue weighted by atomic mass is 16.1. The van der Waals surface area contributed by atoms with Crippen molar-refractivity contribution in [2.24, 2.45) is 5.92 Å². The maximum Gasteiger partial charge on any atom is 0.258 e. The highest BCUT2D eigenvalue weighted by Gasteiger charge is 2.16. The zero-order valence-electron chi connectivity index (χ0n) is 14.8. The molecule has 2 N–H and O–H groups in total. The van der Waals surface area contributed by atoms with E-state index in [1.54, 1.807) is 12.1 Å². The Morgan fingerprint density at radius 1 is 1.29 bits per heavy atom. The average Bonchev–Trinajstić information content (AvgIpc) is 2.52. The van der Waals surface area contributed by atoms with Gasteiger partial charge in [0.25, 0.3) is 5.56 Å². The summed E-state index contributed by atoms with van der Waals surface area (Å²) in [4.78, 5) is 33.4. The fourth-order valence-corrected chi connectivity index (χ4v) is 2.81. The van der Waals surface area contributed by atoms with E-state index >= 15 is 0 Å². The number of aryl methyl sites for hydroxylation is 1. The molecule has 24 heavy (non-hydrogen) atoms. The van der Waals surface area contributed by atoms with Crippen LogP contribution in [0.2, 0.25) is 0 Å². The second kappa shape index (κ2) is 8.06. The molecular weight excluding hydrogens is 304 g/mol. The number of aromatic nitrogens is 2. The van der Waals surface area contributed by atoms with Gasteiger partial charge >= 0.3 is 0 Å². The minimum Gasteiger partial charge on any atom is -0.355 e. The highest BCUT2D eigenvalue weighted by molar-refractivity contribution is 5.78. The van der Waals surface area contributed by atoms with Gasteiger partial charge in [-0.05, 0) is 32.1 Å². The molecular formula is C18H26N4O2. The van der Waals surface area contributed by atoms with E-state index in [4.69, 9.17) is 0 Å². The molecule has 1 heterocycles. The standard InChI is InChI=1S/C18H26N4O2/c1-12(2)15(22(3)4)11-19-17(23)10-9-16-20-14-8-6-5-7-13(14)18(24)21-16/h5-8,12,15H,9-11H2,1-4H3,(H,19,23)(H,20,21,24)/t15-/m1/s1. The zero-order valence-corrected chi connectivity index (χ0v) is 14.8. The molecule has 1 amide bonds. The number of amides is 1. The minimum atomic E-state index is -0.163. The van der Waals surface area contributed by atoms with Gasteiger partial charge in [-0.1, -0.05) is 26.0 Å². The van der Waals surface area contributed by atoms with Gasteiger partial charge in [-0.25, -0.2) is 4.98 Å². The smallest absolute Gasteiger partial charge is 0.258 e. The Morgan fingerprint density at radius 2 is 2.00 bits per heavy atom. The second-order valence-electron chi connectivity index (χ2n) is 6.61. The molecule has 0 unspecified atom stereocenters. The topological polar surface area (TPSA) is 78.1 Å². The van der Waals surface area contributed by atoms with Crippen molar-refractivity contribution < 1.29 is 4.79 Å². The summed E-state index contributed by atoms with van der Waals surface area (Å²) in [6.07, 6.45) is 0.722. The number of benzene rings is 1. The van der Waals surface area contributed by atoms with Crippen LogP contribution in [0.1, 0.15) is 26.1 Å². The number of H-pyrrole nitrogens is 1. The van der Waals surface area contributed by atoms with Gasteiger partial charge in [0, 0.05) is 25.4 Å². The summed E-state index contributed by atoms with van der Waals surface area (Å²) in [5, 5.41) is 3.53. The van der Waals surface area contributed by atoms with E-state index in [0.29, 0.717) is 48.1 Å². The SMILES string of the molecule is CC(C)[C@@H](CNC(=O)CCc1nc2ccccc2c(=O)[nH]1)N(C)C. The maximum absolute atomic E-state index is 12.1. The van der Waals surface area contributed by atoms with E-state index in [-0.39, 0.29) is 11.5 Å². The maximum atomic E-state index is 12.1. The Bertz CT molecular complexity index is 744. The monoisotopic (exact) mass is 330 g/mol. The Kier molecular flexibility index (Phi) is 6.09. The van der Waals surface area contributed by atoms with Crippen LogP contribution in [0.4, 0.5) is 0 Å². The lowest BCUT2D eigenvalue weighted by Gasteiger charge is -2.28. The molecule has 0 aliphatic carbocycles. The first-order chi connectivity index (χ1) is 11.4. The van der Waals surface area contributed by atoms with Crippen molar-refractivity contribution in [2.45, 2.75) is 32.7 Å². The Hall–Kier alpha value is -2.21. The van der Waals surface area contributed by atoms with Gasteiger partial charge in [-0.15, -0.1) is 0 Å². The predicted octanol–water partition coefficient (Wildman–Crippen LogP) is 1.56. The van der Waals surface area contributed by atoms with Crippen LogP contribution >= 0.6 is 0 Å². The molecule has 0 saturated carbocycles. The number of nitrogens with one attached hydrogen (secondary N) is 2. The second-order valence-corrected chi connectivity index (χ2v) is 6.61. The first kappa shape index (κ1) is 18.1. The van der Waals surface area contributed by atoms with Crippen molar-refractivity contribution in [1.29, 1.82) is 0 Å². The van der Waals surface area contributed by atoms with Crippen LogP contribution in [-0.4, -0.2) is 47.5 Å². The molecule has 0 radical (unpaired) electrons. The van der Waals surface area contributed by atoms with Crippen molar-refractivity contribution in [3.63, 3.8) is 0 Å². The number of nitrogens with zero attached hydrogens (tertiary/aromatic N) is 2. The lowest BCUT2D eigenvalue weighted by atomic mass is 10.0. The molecule has 130 valence electrons. The fourth-order valence-electron chi connectivity index (χ4n) is 2.81. The van der Waals surface area contributed by atoms with Crippen molar-refractivity contribution in [1.82, 2.24) is 20.2 Å². The van der Waals surface area contributed by atoms with Gasteiger partial charge in [0.15, 0.2) is 0 Å². The number of carbonyl (C=O) groups is 1. The van der Waals surface area contributed by atoms with Crippen molar-refractivity contribution in [2.75, 3.05) is 20.6 Å². The van der Waals surface area contributed by atoms with Crippen molar-refractivity contribution in [3.8, 4) is 0 Å². The molecule has 6 nitrogen and oxygen atoms in total. The van der Waals surface area contributed by atoms with Gasteiger partial charge in [-0.2, -0.15) is 0 Å². The number of hydrogen-bond donors (Lipinski definition) is 2. The Labute approximate surface area is 142 Å². The number of carbonyl (C=O) groups excluding carboxylic acids is 1. The van der Waals surface area contributed by atoms with Gasteiger partial charge in [0.05, 0.1) is 10.9 Å². The molecule has 1 aromatic carbocycles. The molecule has 0 saturated heterocycles. The van der Waals surface area contributed by atoms with Crippen LogP contribution in [0.15, 0.2) is 29.1 Å². The summed E-state index contributed by atoms with van der Waals surface area (Å²) in [6, 6.07) is 7.50. The first-order valence-corrected chi connectivity index (χ1v) is 8.29. The third-order valence-corrected chi connectivity index (χ3v) is 4.19.